The van der Waals surface area contributed by atoms with E-state index in [1.165, 1.54) is 12.1 Å². The van der Waals surface area contributed by atoms with Gasteiger partial charge in [0, 0.05) is 5.41 Å². The third-order valence-corrected chi connectivity index (χ3v) is 6.98. The van der Waals surface area contributed by atoms with Gasteiger partial charge in [0.05, 0.1) is 10.7 Å². The molecule has 0 radical (unpaired) electrons. The molecule has 0 spiro atoms. The maximum atomic E-state index is 12.7. The maximum Gasteiger partial charge on any atom is 0.364 e. The molecule has 1 fully saturated rings. The van der Waals surface area contributed by atoms with Crippen LogP contribution in [-0.2, 0) is 4.79 Å². The van der Waals surface area contributed by atoms with Crippen molar-refractivity contribution >= 4 is 75.3 Å². The lowest BCUT2D eigenvalue weighted by Crippen LogP contribution is -2.35. The highest BCUT2D eigenvalue weighted by molar-refractivity contribution is 7.19. The molecule has 1 heterocycles. The smallest absolute Gasteiger partial charge is 0.364 e. The van der Waals surface area contributed by atoms with E-state index in [0.717, 1.165) is 43.4 Å². The first-order valence-corrected chi connectivity index (χ1v) is 10.9. The first-order valence-electron chi connectivity index (χ1n) is 8.55. The van der Waals surface area contributed by atoms with Crippen LogP contribution in [0.5, 0.6) is 5.75 Å². The monoisotopic (exact) mass is 480 g/mol. The number of nitrogens with one attached hydrogen (secondary N) is 1. The summed E-state index contributed by atoms with van der Waals surface area (Å²) in [6, 6.07) is 2.99. The molecule has 3 rings (SSSR count). The number of hydrogen-bond acceptors (Lipinski definition) is 5. The molecule has 1 aromatic carbocycles. The fraction of sp³-hybridized carbons (Fsp3) is 0.389. The highest BCUT2D eigenvalue weighted by Crippen LogP contribution is 2.41. The lowest BCUT2D eigenvalue weighted by Gasteiger charge is -2.32. The van der Waals surface area contributed by atoms with Gasteiger partial charge in [-0.2, -0.15) is 0 Å². The molecule has 1 amide bonds. The van der Waals surface area contributed by atoms with Crippen molar-refractivity contribution in [2.24, 2.45) is 5.41 Å². The van der Waals surface area contributed by atoms with E-state index in [4.69, 9.17) is 51.1 Å². The number of aromatic nitrogens is 1. The first kappa shape index (κ1) is 21.7. The Bertz CT molecular complexity index is 926. The second-order valence-corrected chi connectivity index (χ2v) is 9.73. The molecule has 5 nitrogen and oxygen atoms in total. The van der Waals surface area contributed by atoms with E-state index < -0.39 is 11.4 Å². The Labute approximate surface area is 186 Å². The van der Waals surface area contributed by atoms with Crippen LogP contribution < -0.4 is 10.1 Å². The number of amides is 1. The predicted octanol–water partition coefficient (Wildman–Crippen LogP) is 6.88. The zero-order valence-corrected chi connectivity index (χ0v) is 18.6. The van der Waals surface area contributed by atoms with Crippen molar-refractivity contribution in [1.82, 2.24) is 4.98 Å². The van der Waals surface area contributed by atoms with Crippen LogP contribution in [-0.4, -0.2) is 16.9 Å². The molecule has 1 aliphatic carbocycles. The Morgan fingerprint density at radius 3 is 2.39 bits per heavy atom. The summed E-state index contributed by atoms with van der Waals surface area (Å²) in [6.45, 7) is 1.95. The second-order valence-electron chi connectivity index (χ2n) is 6.79. The molecule has 0 unspecified atom stereocenters. The number of nitrogens with zero attached hydrogens (tertiary/aromatic N) is 1. The molecule has 1 N–H and O–H groups in total. The number of carbonyl (C=O) groups excluding carboxylic acids is 2. The quantitative estimate of drug-likeness (QED) is 0.381. The SMILES string of the molecule is CC1(C(=O)Nc2ccc(OC(=O)c3nc(Cl)sc3Cl)c(Cl)c2Cl)CCCCC1. The Morgan fingerprint density at radius 1 is 1.11 bits per heavy atom. The minimum absolute atomic E-state index is 0.000868. The number of rotatable bonds is 4. The average molecular weight is 482 g/mol. The van der Waals surface area contributed by atoms with Crippen LogP contribution in [0.3, 0.4) is 0 Å². The van der Waals surface area contributed by atoms with Gasteiger partial charge in [-0.25, -0.2) is 9.78 Å². The molecular formula is C18H16Cl4N2O3S. The molecule has 0 aliphatic heterocycles. The molecule has 28 heavy (non-hydrogen) atoms. The summed E-state index contributed by atoms with van der Waals surface area (Å²) in [5.41, 5.74) is -0.177. The Hall–Kier alpha value is -1.05. The normalized spacial score (nSPS) is 15.9. The molecule has 0 saturated heterocycles. The van der Waals surface area contributed by atoms with Gasteiger partial charge in [0.25, 0.3) is 0 Å². The fourth-order valence-electron chi connectivity index (χ4n) is 3.09. The maximum absolute atomic E-state index is 12.7. The summed E-state index contributed by atoms with van der Waals surface area (Å²) in [5, 5.41) is 2.93. The van der Waals surface area contributed by atoms with Crippen molar-refractivity contribution in [2.45, 2.75) is 39.0 Å². The van der Waals surface area contributed by atoms with Crippen LogP contribution in [0.4, 0.5) is 5.69 Å². The van der Waals surface area contributed by atoms with E-state index in [2.05, 4.69) is 10.3 Å². The highest BCUT2D eigenvalue weighted by atomic mass is 35.5. The molecule has 0 bridgehead atoms. The van der Waals surface area contributed by atoms with Gasteiger partial charge >= 0.3 is 5.97 Å². The van der Waals surface area contributed by atoms with Gasteiger partial charge in [0.2, 0.25) is 5.91 Å². The van der Waals surface area contributed by atoms with Gasteiger partial charge in [-0.05, 0) is 25.0 Å². The van der Waals surface area contributed by atoms with Gasteiger partial charge < -0.3 is 10.1 Å². The summed E-state index contributed by atoms with van der Waals surface area (Å²) in [6.07, 6.45) is 4.85. The Morgan fingerprint density at radius 2 is 1.79 bits per heavy atom. The number of halogens is 4. The van der Waals surface area contributed by atoms with Gasteiger partial charge in [0.15, 0.2) is 15.9 Å². The van der Waals surface area contributed by atoms with Gasteiger partial charge in [-0.3, -0.25) is 4.79 Å². The molecule has 1 saturated carbocycles. The van der Waals surface area contributed by atoms with E-state index in [9.17, 15) is 9.59 Å². The van der Waals surface area contributed by atoms with E-state index in [1.54, 1.807) is 0 Å². The summed E-state index contributed by atoms with van der Waals surface area (Å²) >= 11 is 25.1. The van der Waals surface area contributed by atoms with Crippen LogP contribution in [0.25, 0.3) is 0 Å². The molecular weight excluding hydrogens is 466 g/mol. The zero-order valence-electron chi connectivity index (χ0n) is 14.8. The van der Waals surface area contributed by atoms with Crippen LogP contribution >= 0.6 is 57.7 Å². The number of benzene rings is 1. The first-order chi connectivity index (χ1) is 13.2. The van der Waals surface area contributed by atoms with Crippen LogP contribution in [0.15, 0.2) is 12.1 Å². The topological polar surface area (TPSA) is 68.3 Å². The second kappa shape index (κ2) is 8.76. The van der Waals surface area contributed by atoms with Crippen LogP contribution in [0, 0.1) is 5.41 Å². The zero-order chi connectivity index (χ0) is 20.5. The third-order valence-electron chi connectivity index (χ3n) is 4.76. The van der Waals surface area contributed by atoms with Gasteiger partial charge in [0.1, 0.15) is 9.36 Å². The van der Waals surface area contributed by atoms with Crippen LogP contribution in [0.1, 0.15) is 49.5 Å². The molecule has 150 valence electrons. The predicted molar refractivity (Wildman–Crippen MR) is 113 cm³/mol. The number of hydrogen-bond donors (Lipinski definition) is 1. The van der Waals surface area contributed by atoms with Crippen molar-refractivity contribution in [1.29, 1.82) is 0 Å². The van der Waals surface area contributed by atoms with Gasteiger partial charge in [-0.15, -0.1) is 0 Å². The van der Waals surface area contributed by atoms with E-state index >= 15 is 0 Å². The minimum Gasteiger partial charge on any atom is -0.420 e. The summed E-state index contributed by atoms with van der Waals surface area (Å²) < 4.78 is 5.47. The number of esters is 1. The summed E-state index contributed by atoms with van der Waals surface area (Å²) in [7, 11) is 0. The lowest BCUT2D eigenvalue weighted by molar-refractivity contribution is -0.126. The molecule has 10 heteroatoms. The standard InChI is InChI=1S/C18H16Cl4N2O3S/c1-18(7-3-2-4-8-18)16(26)23-9-5-6-10(12(20)11(9)19)27-15(25)13-14(21)28-17(22)24-13/h5-6H,2-4,7-8H2,1H3,(H,23,26). The Kier molecular flexibility index (Phi) is 6.77. The minimum atomic E-state index is -0.808. The number of ether oxygens (including phenoxy) is 1. The van der Waals surface area contributed by atoms with E-state index in [-0.39, 0.29) is 36.2 Å². The molecule has 1 aromatic heterocycles. The van der Waals surface area contributed by atoms with Crippen molar-refractivity contribution in [2.75, 3.05) is 5.32 Å². The molecule has 2 aromatic rings. The van der Waals surface area contributed by atoms with E-state index in [1.807, 2.05) is 6.92 Å². The summed E-state index contributed by atoms with van der Waals surface area (Å²) in [4.78, 5) is 28.8. The van der Waals surface area contributed by atoms with Gasteiger partial charge in [-0.1, -0.05) is 83.9 Å². The van der Waals surface area contributed by atoms with Crippen molar-refractivity contribution in [3.8, 4) is 5.75 Å². The molecule has 0 atom stereocenters. The van der Waals surface area contributed by atoms with E-state index in [0.29, 0.717) is 5.69 Å². The average Bonchev–Trinajstić information content (AvgIpc) is 3.00. The summed E-state index contributed by atoms with van der Waals surface area (Å²) in [5.74, 6) is -0.879. The molecule has 1 aliphatic rings. The van der Waals surface area contributed by atoms with Crippen molar-refractivity contribution in [3.05, 3.63) is 36.7 Å². The van der Waals surface area contributed by atoms with Crippen molar-refractivity contribution < 1.29 is 14.3 Å². The largest absolute Gasteiger partial charge is 0.420 e. The lowest BCUT2D eigenvalue weighted by atomic mass is 9.75. The fourth-order valence-corrected chi connectivity index (χ4v) is 4.78. The number of carbonyl (C=O) groups is 2. The number of thiazole rings is 1. The van der Waals surface area contributed by atoms with Crippen molar-refractivity contribution in [3.63, 3.8) is 0 Å². The third kappa shape index (κ3) is 4.57. The number of anilines is 1. The van der Waals surface area contributed by atoms with Crippen LogP contribution in [0.2, 0.25) is 18.8 Å². The Balaban J connectivity index is 1.76. The highest BCUT2D eigenvalue weighted by Gasteiger charge is 2.35.